The van der Waals surface area contributed by atoms with E-state index < -0.39 is 0 Å². The molecule has 3 heteroatoms. The van der Waals surface area contributed by atoms with Gasteiger partial charge in [-0.15, -0.1) is 0 Å². The standard InChI is InChI=1S/C19H19NO2/c1-13-16(19(21)22-2)18(15-11-7-4-8-12-15)20-17(13)14-9-5-3-6-10-14/h3-13,16,18H,1-2H3. The number of esters is 1. The van der Waals surface area contributed by atoms with Crippen LogP contribution in [0.5, 0.6) is 0 Å². The SMILES string of the molecule is COC(=O)C1C(C)C(c2ccccc2)=NC1c1ccccc1. The van der Waals surface area contributed by atoms with Crippen LogP contribution in [0.4, 0.5) is 0 Å². The fourth-order valence-corrected chi connectivity index (χ4v) is 3.14. The first kappa shape index (κ1) is 14.5. The quantitative estimate of drug-likeness (QED) is 0.810. The van der Waals surface area contributed by atoms with Crippen molar-refractivity contribution < 1.29 is 9.53 Å². The number of benzene rings is 2. The van der Waals surface area contributed by atoms with Crippen LogP contribution in [0.25, 0.3) is 0 Å². The van der Waals surface area contributed by atoms with Gasteiger partial charge in [-0.1, -0.05) is 67.6 Å². The van der Waals surface area contributed by atoms with Crippen molar-refractivity contribution in [1.82, 2.24) is 0 Å². The van der Waals surface area contributed by atoms with Gasteiger partial charge in [-0.2, -0.15) is 0 Å². The lowest BCUT2D eigenvalue weighted by Gasteiger charge is -2.20. The summed E-state index contributed by atoms with van der Waals surface area (Å²) in [5, 5.41) is 0. The van der Waals surface area contributed by atoms with E-state index in [1.54, 1.807) is 0 Å². The molecule has 3 atom stereocenters. The predicted octanol–water partition coefficient (Wildman–Crippen LogP) is 3.66. The Morgan fingerprint density at radius 1 is 1.00 bits per heavy atom. The van der Waals surface area contributed by atoms with Gasteiger partial charge in [-0.05, 0) is 11.1 Å². The topological polar surface area (TPSA) is 38.7 Å². The highest BCUT2D eigenvalue weighted by molar-refractivity contribution is 6.05. The van der Waals surface area contributed by atoms with E-state index in [0.717, 1.165) is 16.8 Å². The zero-order valence-electron chi connectivity index (χ0n) is 12.8. The van der Waals surface area contributed by atoms with Crippen LogP contribution in [0.15, 0.2) is 65.7 Å². The highest BCUT2D eigenvalue weighted by Gasteiger charge is 2.42. The first-order valence-corrected chi connectivity index (χ1v) is 7.48. The monoisotopic (exact) mass is 293 g/mol. The number of rotatable bonds is 3. The molecule has 0 N–H and O–H groups in total. The van der Waals surface area contributed by atoms with Crippen LogP contribution >= 0.6 is 0 Å². The van der Waals surface area contributed by atoms with Crippen LogP contribution in [0.1, 0.15) is 24.1 Å². The second kappa shape index (κ2) is 6.14. The molecular weight excluding hydrogens is 274 g/mol. The highest BCUT2D eigenvalue weighted by Crippen LogP contribution is 2.40. The lowest BCUT2D eigenvalue weighted by molar-refractivity contribution is -0.146. The molecule has 0 aromatic heterocycles. The molecule has 1 heterocycles. The maximum Gasteiger partial charge on any atom is 0.311 e. The van der Waals surface area contributed by atoms with Crippen molar-refractivity contribution in [2.75, 3.05) is 7.11 Å². The molecule has 3 nitrogen and oxygen atoms in total. The van der Waals surface area contributed by atoms with Gasteiger partial charge in [0.1, 0.15) is 0 Å². The van der Waals surface area contributed by atoms with Gasteiger partial charge in [0.25, 0.3) is 0 Å². The van der Waals surface area contributed by atoms with Gasteiger partial charge >= 0.3 is 5.97 Å². The third-order valence-electron chi connectivity index (χ3n) is 4.27. The minimum Gasteiger partial charge on any atom is -0.469 e. The van der Waals surface area contributed by atoms with E-state index in [0.29, 0.717) is 0 Å². The predicted molar refractivity (Wildman–Crippen MR) is 86.8 cm³/mol. The Kier molecular flexibility index (Phi) is 4.05. The van der Waals surface area contributed by atoms with Gasteiger partial charge in [-0.3, -0.25) is 9.79 Å². The van der Waals surface area contributed by atoms with E-state index in [9.17, 15) is 4.79 Å². The minimum atomic E-state index is -0.275. The molecule has 0 spiro atoms. The summed E-state index contributed by atoms with van der Waals surface area (Å²) in [5.41, 5.74) is 3.10. The number of aliphatic imine (C=N–C) groups is 1. The number of hydrogen-bond acceptors (Lipinski definition) is 3. The van der Waals surface area contributed by atoms with Crippen LogP contribution in [0, 0.1) is 11.8 Å². The Bertz CT molecular complexity index is 679. The van der Waals surface area contributed by atoms with Crippen molar-refractivity contribution in [3.8, 4) is 0 Å². The minimum absolute atomic E-state index is 0.0278. The van der Waals surface area contributed by atoms with Gasteiger partial charge in [-0.25, -0.2) is 0 Å². The molecule has 0 aliphatic carbocycles. The fraction of sp³-hybridized carbons (Fsp3) is 0.263. The summed E-state index contributed by atoms with van der Waals surface area (Å²) in [6, 6.07) is 19.8. The van der Waals surface area contributed by atoms with E-state index in [-0.39, 0.29) is 23.8 Å². The molecule has 112 valence electrons. The summed E-state index contributed by atoms with van der Waals surface area (Å²) in [7, 11) is 1.44. The van der Waals surface area contributed by atoms with Crippen molar-refractivity contribution >= 4 is 11.7 Å². The van der Waals surface area contributed by atoms with Crippen LogP contribution in [-0.2, 0) is 9.53 Å². The summed E-state index contributed by atoms with van der Waals surface area (Å²) in [6.07, 6.45) is 0. The molecule has 0 bridgehead atoms. The van der Waals surface area contributed by atoms with Crippen molar-refractivity contribution in [2.24, 2.45) is 16.8 Å². The summed E-state index contributed by atoms with van der Waals surface area (Å²) in [4.78, 5) is 17.2. The van der Waals surface area contributed by atoms with Gasteiger partial charge in [0.2, 0.25) is 0 Å². The number of carbonyl (C=O) groups excluding carboxylic acids is 1. The van der Waals surface area contributed by atoms with E-state index in [4.69, 9.17) is 9.73 Å². The van der Waals surface area contributed by atoms with E-state index in [2.05, 4.69) is 6.92 Å². The molecule has 2 aromatic rings. The van der Waals surface area contributed by atoms with Crippen LogP contribution in [-0.4, -0.2) is 18.8 Å². The Hall–Kier alpha value is -2.42. The molecule has 0 radical (unpaired) electrons. The molecular formula is C19H19NO2. The molecule has 1 aliphatic rings. The largest absolute Gasteiger partial charge is 0.469 e. The Morgan fingerprint density at radius 2 is 1.59 bits per heavy atom. The molecule has 0 amide bonds. The van der Waals surface area contributed by atoms with Crippen molar-refractivity contribution in [2.45, 2.75) is 13.0 Å². The zero-order chi connectivity index (χ0) is 15.5. The molecule has 2 aromatic carbocycles. The third kappa shape index (κ3) is 2.54. The van der Waals surface area contributed by atoms with E-state index in [1.165, 1.54) is 7.11 Å². The Morgan fingerprint density at radius 3 is 2.18 bits per heavy atom. The fourth-order valence-electron chi connectivity index (χ4n) is 3.14. The molecule has 0 fully saturated rings. The van der Waals surface area contributed by atoms with Crippen LogP contribution in [0.2, 0.25) is 0 Å². The molecule has 0 saturated carbocycles. The smallest absolute Gasteiger partial charge is 0.311 e. The molecule has 22 heavy (non-hydrogen) atoms. The zero-order valence-corrected chi connectivity index (χ0v) is 12.8. The normalized spacial score (nSPS) is 23.9. The number of nitrogens with zero attached hydrogens (tertiary/aromatic N) is 1. The van der Waals surface area contributed by atoms with Gasteiger partial charge in [0, 0.05) is 11.6 Å². The number of ether oxygens (including phenoxy) is 1. The third-order valence-corrected chi connectivity index (χ3v) is 4.27. The van der Waals surface area contributed by atoms with Crippen molar-refractivity contribution in [1.29, 1.82) is 0 Å². The second-order valence-corrected chi connectivity index (χ2v) is 5.57. The summed E-state index contributed by atoms with van der Waals surface area (Å²) >= 11 is 0. The lowest BCUT2D eigenvalue weighted by atomic mass is 9.83. The average Bonchev–Trinajstić information content (AvgIpc) is 2.93. The number of hydrogen-bond donors (Lipinski definition) is 0. The van der Waals surface area contributed by atoms with Crippen LogP contribution < -0.4 is 0 Å². The average molecular weight is 293 g/mol. The molecule has 3 unspecified atom stereocenters. The van der Waals surface area contributed by atoms with E-state index >= 15 is 0 Å². The van der Waals surface area contributed by atoms with Crippen molar-refractivity contribution in [3.05, 3.63) is 71.8 Å². The maximum atomic E-state index is 12.3. The first-order valence-electron chi connectivity index (χ1n) is 7.48. The van der Waals surface area contributed by atoms with Gasteiger partial charge in [0.15, 0.2) is 0 Å². The maximum absolute atomic E-state index is 12.3. The molecule has 0 saturated heterocycles. The van der Waals surface area contributed by atoms with Crippen molar-refractivity contribution in [3.63, 3.8) is 0 Å². The van der Waals surface area contributed by atoms with Gasteiger partial charge < -0.3 is 4.74 Å². The summed E-state index contributed by atoms with van der Waals surface area (Å²) in [6.45, 7) is 2.05. The molecule has 1 aliphatic heterocycles. The lowest BCUT2D eigenvalue weighted by Crippen LogP contribution is -2.27. The van der Waals surface area contributed by atoms with Gasteiger partial charge in [0.05, 0.1) is 19.1 Å². The van der Waals surface area contributed by atoms with Crippen LogP contribution in [0.3, 0.4) is 0 Å². The first-order chi connectivity index (χ1) is 10.7. The number of methoxy groups -OCH3 is 1. The van der Waals surface area contributed by atoms with E-state index in [1.807, 2.05) is 60.7 Å². The highest BCUT2D eigenvalue weighted by atomic mass is 16.5. The summed E-state index contributed by atoms with van der Waals surface area (Å²) < 4.78 is 5.03. The second-order valence-electron chi connectivity index (χ2n) is 5.57. The Balaban J connectivity index is 2.04. The summed E-state index contributed by atoms with van der Waals surface area (Å²) in [5.74, 6) is -0.446. The number of carbonyl (C=O) groups is 1. The Labute approximate surface area is 130 Å². The molecule has 3 rings (SSSR count).